The van der Waals surface area contributed by atoms with E-state index in [-0.39, 0.29) is 29.9 Å². The number of esters is 1. The number of nitrogens with one attached hydrogen (secondary N) is 1. The number of carbonyl (C=O) groups excluding carboxylic acids is 4. The SMILES string of the molecule is CC(=O)CC(C)(C)NC(C)=O.CC(=O)CC(C)(C)OC(C)=O. The Hall–Kier alpha value is -1.72. The first-order valence-electron chi connectivity index (χ1n) is 7.14. The summed E-state index contributed by atoms with van der Waals surface area (Å²) in [5, 5.41) is 2.69. The van der Waals surface area contributed by atoms with E-state index < -0.39 is 11.1 Å². The molecule has 0 aliphatic heterocycles. The van der Waals surface area contributed by atoms with Gasteiger partial charge in [-0.15, -0.1) is 0 Å². The largest absolute Gasteiger partial charge is 0.459 e. The van der Waals surface area contributed by atoms with Crippen molar-refractivity contribution in [1.82, 2.24) is 5.32 Å². The van der Waals surface area contributed by atoms with Crippen LogP contribution in [0.5, 0.6) is 0 Å². The van der Waals surface area contributed by atoms with E-state index in [2.05, 4.69) is 5.32 Å². The molecule has 22 heavy (non-hydrogen) atoms. The molecule has 0 fully saturated rings. The van der Waals surface area contributed by atoms with E-state index in [0.29, 0.717) is 6.42 Å². The van der Waals surface area contributed by atoms with Gasteiger partial charge in [-0.1, -0.05) is 0 Å². The number of ketones is 2. The van der Waals surface area contributed by atoms with E-state index >= 15 is 0 Å². The first-order valence-corrected chi connectivity index (χ1v) is 7.14. The minimum Gasteiger partial charge on any atom is -0.459 e. The number of rotatable bonds is 6. The van der Waals surface area contributed by atoms with Crippen LogP contribution in [0.1, 0.15) is 68.2 Å². The predicted octanol–water partition coefficient (Wildman–Crippen LogP) is 2.19. The maximum absolute atomic E-state index is 10.7. The molecule has 128 valence electrons. The van der Waals surface area contributed by atoms with Gasteiger partial charge in [-0.2, -0.15) is 0 Å². The fourth-order valence-corrected chi connectivity index (χ4v) is 2.17. The van der Waals surface area contributed by atoms with E-state index in [0.717, 1.165) is 0 Å². The van der Waals surface area contributed by atoms with E-state index in [1.54, 1.807) is 13.8 Å². The molecule has 0 spiro atoms. The Balaban J connectivity index is 0. The quantitative estimate of drug-likeness (QED) is 0.759. The Morgan fingerprint density at radius 2 is 1.23 bits per heavy atom. The van der Waals surface area contributed by atoms with Gasteiger partial charge in [0.25, 0.3) is 0 Å². The molecular formula is C16H29NO5. The number of hydrogen-bond acceptors (Lipinski definition) is 5. The topological polar surface area (TPSA) is 89.5 Å². The third-order valence-corrected chi connectivity index (χ3v) is 2.30. The maximum Gasteiger partial charge on any atom is 0.303 e. The summed E-state index contributed by atoms with van der Waals surface area (Å²) in [6.07, 6.45) is 0.652. The van der Waals surface area contributed by atoms with Crippen LogP contribution >= 0.6 is 0 Å². The second-order valence-corrected chi connectivity index (χ2v) is 6.68. The van der Waals surface area contributed by atoms with Crippen LogP contribution in [0, 0.1) is 0 Å². The lowest BCUT2D eigenvalue weighted by atomic mass is 9.98. The van der Waals surface area contributed by atoms with Crippen LogP contribution in [0.3, 0.4) is 0 Å². The molecule has 0 saturated carbocycles. The predicted molar refractivity (Wildman–Crippen MR) is 84.3 cm³/mol. The number of hydrogen-bond donors (Lipinski definition) is 1. The average Bonchev–Trinajstić information content (AvgIpc) is 2.06. The maximum atomic E-state index is 10.7. The van der Waals surface area contributed by atoms with Gasteiger partial charge in [-0.25, -0.2) is 0 Å². The first kappa shape index (κ1) is 22.6. The summed E-state index contributed by atoms with van der Waals surface area (Å²) in [5.41, 5.74) is -1.06. The number of carbonyl (C=O) groups is 4. The van der Waals surface area contributed by atoms with Crippen molar-refractivity contribution in [3.8, 4) is 0 Å². The first-order chi connectivity index (χ1) is 9.67. The summed E-state index contributed by atoms with van der Waals surface area (Å²) in [7, 11) is 0. The fraction of sp³-hybridized carbons (Fsp3) is 0.750. The van der Waals surface area contributed by atoms with Gasteiger partial charge in [-0.3, -0.25) is 19.2 Å². The Labute approximate surface area is 133 Å². The molecule has 0 aromatic carbocycles. The molecule has 1 N–H and O–H groups in total. The molecule has 0 aromatic rings. The van der Waals surface area contributed by atoms with Crippen LogP contribution < -0.4 is 5.32 Å². The summed E-state index contributed by atoms with van der Waals surface area (Å²) >= 11 is 0. The molecule has 0 radical (unpaired) electrons. The number of Topliss-reactive ketones (excluding diaryl/α,β-unsaturated/α-hetero) is 2. The molecule has 0 heterocycles. The van der Waals surface area contributed by atoms with Gasteiger partial charge in [-0.05, 0) is 41.5 Å². The van der Waals surface area contributed by atoms with Crippen LogP contribution in [0.25, 0.3) is 0 Å². The van der Waals surface area contributed by atoms with Gasteiger partial charge in [0, 0.05) is 32.2 Å². The smallest absolute Gasteiger partial charge is 0.303 e. The second-order valence-electron chi connectivity index (χ2n) is 6.68. The molecule has 0 unspecified atom stereocenters. The molecule has 0 aromatic heterocycles. The highest BCUT2D eigenvalue weighted by Gasteiger charge is 2.22. The zero-order valence-electron chi connectivity index (χ0n) is 15.0. The second kappa shape index (κ2) is 9.33. The summed E-state index contributed by atoms with van der Waals surface area (Å²) < 4.78 is 4.89. The molecular weight excluding hydrogens is 286 g/mol. The molecule has 1 amide bonds. The van der Waals surface area contributed by atoms with Crippen molar-refractivity contribution in [2.45, 2.75) is 79.4 Å². The Kier molecular flexibility index (Phi) is 9.57. The number of amides is 1. The van der Waals surface area contributed by atoms with E-state index in [4.69, 9.17) is 4.74 Å². The third-order valence-electron chi connectivity index (χ3n) is 2.30. The van der Waals surface area contributed by atoms with Crippen LogP contribution in [-0.2, 0) is 23.9 Å². The number of ether oxygens (including phenoxy) is 1. The highest BCUT2D eigenvalue weighted by molar-refractivity contribution is 5.79. The van der Waals surface area contributed by atoms with Crippen molar-refractivity contribution in [3.05, 3.63) is 0 Å². The standard InChI is InChI=1S/C8H15NO2.C8H14O3/c1-6(10)5-8(3,4)9-7(2)11;1-6(9)5-8(3,4)11-7(2)10/h5H2,1-4H3,(H,9,11);5H2,1-4H3. The lowest BCUT2D eigenvalue weighted by Crippen LogP contribution is -2.43. The van der Waals surface area contributed by atoms with E-state index in [1.807, 2.05) is 13.8 Å². The molecule has 0 atom stereocenters. The van der Waals surface area contributed by atoms with E-state index in [1.165, 1.54) is 27.7 Å². The van der Waals surface area contributed by atoms with Gasteiger partial charge in [0.2, 0.25) is 5.91 Å². The summed E-state index contributed by atoms with van der Waals surface area (Å²) in [4.78, 5) is 42.5. The lowest BCUT2D eigenvalue weighted by molar-refractivity contribution is -0.155. The normalized spacial score (nSPS) is 10.9. The van der Waals surface area contributed by atoms with Crippen LogP contribution in [0.4, 0.5) is 0 Å². The van der Waals surface area contributed by atoms with Crippen LogP contribution in [0.2, 0.25) is 0 Å². The fourth-order valence-electron chi connectivity index (χ4n) is 2.17. The van der Waals surface area contributed by atoms with Crippen molar-refractivity contribution < 1.29 is 23.9 Å². The van der Waals surface area contributed by atoms with Crippen LogP contribution in [0.15, 0.2) is 0 Å². The van der Waals surface area contributed by atoms with Crippen molar-refractivity contribution in [2.75, 3.05) is 0 Å². The molecule has 6 heteroatoms. The highest BCUT2D eigenvalue weighted by atomic mass is 16.6. The van der Waals surface area contributed by atoms with Gasteiger partial charge < -0.3 is 10.1 Å². The minimum absolute atomic E-state index is 0.0243. The Morgan fingerprint density at radius 1 is 0.818 bits per heavy atom. The minimum atomic E-state index is -0.655. The van der Waals surface area contributed by atoms with E-state index in [9.17, 15) is 19.2 Å². The van der Waals surface area contributed by atoms with Gasteiger partial charge in [0.1, 0.15) is 17.2 Å². The molecule has 0 saturated heterocycles. The van der Waals surface area contributed by atoms with Gasteiger partial charge in [0.15, 0.2) is 0 Å². The Morgan fingerprint density at radius 3 is 1.50 bits per heavy atom. The zero-order chi connectivity index (χ0) is 18.1. The van der Waals surface area contributed by atoms with Crippen molar-refractivity contribution in [2.24, 2.45) is 0 Å². The summed E-state index contributed by atoms with van der Waals surface area (Å²) in [6.45, 7) is 12.9. The van der Waals surface area contributed by atoms with Crippen molar-refractivity contribution in [1.29, 1.82) is 0 Å². The summed E-state index contributed by atoms with van der Waals surface area (Å²) in [5.74, 6) is -0.340. The van der Waals surface area contributed by atoms with Crippen LogP contribution in [-0.4, -0.2) is 34.6 Å². The molecule has 0 rings (SSSR count). The molecule has 0 bridgehead atoms. The molecule has 6 nitrogen and oxygen atoms in total. The monoisotopic (exact) mass is 315 g/mol. The summed E-state index contributed by atoms with van der Waals surface area (Å²) in [6, 6.07) is 0. The van der Waals surface area contributed by atoms with Gasteiger partial charge in [0.05, 0.1) is 0 Å². The lowest BCUT2D eigenvalue weighted by Gasteiger charge is -2.23. The van der Waals surface area contributed by atoms with Crippen molar-refractivity contribution >= 4 is 23.4 Å². The van der Waals surface area contributed by atoms with Crippen molar-refractivity contribution in [3.63, 3.8) is 0 Å². The average molecular weight is 315 g/mol. The third kappa shape index (κ3) is 16.3. The molecule has 0 aliphatic carbocycles. The zero-order valence-corrected chi connectivity index (χ0v) is 15.0. The highest BCUT2D eigenvalue weighted by Crippen LogP contribution is 2.14. The molecule has 0 aliphatic rings. The Bertz CT molecular complexity index is 348. The van der Waals surface area contributed by atoms with Gasteiger partial charge >= 0.3 is 5.97 Å².